The van der Waals surface area contributed by atoms with E-state index < -0.39 is 17.8 Å². The Bertz CT molecular complexity index is 392. The Morgan fingerprint density at radius 1 is 1.42 bits per heavy atom. The van der Waals surface area contributed by atoms with Crippen molar-refractivity contribution in [2.45, 2.75) is 38.6 Å². The number of alkyl carbamates (subject to hydrolysis) is 1. The first kappa shape index (κ1) is 15.5. The number of amides is 1. The summed E-state index contributed by atoms with van der Waals surface area (Å²) in [5.41, 5.74) is -0.474. The van der Waals surface area contributed by atoms with Crippen LogP contribution in [0, 0.1) is 0 Å². The van der Waals surface area contributed by atoms with E-state index >= 15 is 0 Å². The van der Waals surface area contributed by atoms with E-state index in [1.807, 2.05) is 30.3 Å². The molecule has 1 aromatic rings. The number of ether oxygens (including phenoxy) is 1. The fourth-order valence-corrected chi connectivity index (χ4v) is 1.58. The van der Waals surface area contributed by atoms with Crippen LogP contribution in [0.5, 0.6) is 0 Å². The average Bonchev–Trinajstić information content (AvgIpc) is 2.43. The molecule has 106 valence electrons. The summed E-state index contributed by atoms with van der Waals surface area (Å²) in [6.45, 7) is 3.34. The first-order valence-electron chi connectivity index (χ1n) is 6.30. The summed E-state index contributed by atoms with van der Waals surface area (Å²) in [4.78, 5) is 11.4. The number of carbonyl (C=O) groups is 1. The fraction of sp³-hybridized carbons (Fsp3) is 0.500. The summed E-state index contributed by atoms with van der Waals surface area (Å²) in [7, 11) is 0. The predicted octanol–water partition coefficient (Wildman–Crippen LogP) is 1.43. The molecule has 1 aromatic carbocycles. The molecule has 2 atom stereocenters. The average molecular weight is 267 g/mol. The molecule has 5 heteroatoms. The van der Waals surface area contributed by atoms with Crippen molar-refractivity contribution < 1.29 is 19.7 Å². The predicted molar refractivity (Wildman–Crippen MR) is 71.6 cm³/mol. The van der Waals surface area contributed by atoms with Crippen molar-refractivity contribution >= 4 is 6.09 Å². The lowest BCUT2D eigenvalue weighted by Gasteiger charge is -2.28. The van der Waals surface area contributed by atoms with E-state index in [1.165, 1.54) is 6.92 Å². The van der Waals surface area contributed by atoms with Crippen LogP contribution < -0.4 is 5.32 Å². The molecule has 3 N–H and O–H groups in total. The minimum atomic E-state index is -1.36. The highest BCUT2D eigenvalue weighted by Crippen LogP contribution is 2.11. The van der Waals surface area contributed by atoms with Gasteiger partial charge in [0.25, 0.3) is 0 Å². The molecule has 1 rings (SSSR count). The molecule has 0 aromatic heterocycles. The third-order valence-electron chi connectivity index (χ3n) is 2.91. The van der Waals surface area contributed by atoms with Gasteiger partial charge < -0.3 is 20.3 Å². The van der Waals surface area contributed by atoms with Crippen molar-refractivity contribution in [3.05, 3.63) is 35.9 Å². The Morgan fingerprint density at radius 2 is 2.05 bits per heavy atom. The zero-order valence-corrected chi connectivity index (χ0v) is 11.3. The largest absolute Gasteiger partial charge is 0.445 e. The summed E-state index contributed by atoms with van der Waals surface area (Å²) in [5.74, 6) is 0. The molecule has 0 saturated carbocycles. The van der Waals surface area contributed by atoms with Crippen molar-refractivity contribution in [3.63, 3.8) is 0 Å². The number of rotatable bonds is 6. The standard InChI is InChI=1S/C14H21NO4/c1-3-12(16)14(2,18)10-15-13(17)19-9-11-7-5-4-6-8-11/h4-8,12,16,18H,3,9-10H2,1-2H3,(H,15,17)/t12-,14-/m1/s1. The third-order valence-corrected chi connectivity index (χ3v) is 2.91. The molecule has 19 heavy (non-hydrogen) atoms. The molecule has 0 bridgehead atoms. The van der Waals surface area contributed by atoms with Crippen LogP contribution in [0.2, 0.25) is 0 Å². The van der Waals surface area contributed by atoms with Crippen molar-refractivity contribution in [1.82, 2.24) is 5.32 Å². The maximum Gasteiger partial charge on any atom is 0.407 e. The minimum Gasteiger partial charge on any atom is -0.445 e. The lowest BCUT2D eigenvalue weighted by atomic mass is 9.97. The van der Waals surface area contributed by atoms with Crippen LogP contribution in [0.4, 0.5) is 4.79 Å². The molecule has 0 saturated heterocycles. The van der Waals surface area contributed by atoms with Gasteiger partial charge >= 0.3 is 6.09 Å². The number of aliphatic hydroxyl groups is 2. The van der Waals surface area contributed by atoms with Crippen molar-refractivity contribution in [1.29, 1.82) is 0 Å². The van der Waals surface area contributed by atoms with Crippen LogP contribution in [-0.4, -0.2) is 34.6 Å². The summed E-state index contributed by atoms with van der Waals surface area (Å²) < 4.78 is 4.99. The van der Waals surface area contributed by atoms with Crippen LogP contribution in [0.25, 0.3) is 0 Å². The smallest absolute Gasteiger partial charge is 0.407 e. The van der Waals surface area contributed by atoms with Crippen molar-refractivity contribution in [3.8, 4) is 0 Å². The number of hydrogen-bond donors (Lipinski definition) is 3. The van der Waals surface area contributed by atoms with Gasteiger partial charge in [-0.25, -0.2) is 4.79 Å². The lowest BCUT2D eigenvalue weighted by molar-refractivity contribution is -0.0603. The Morgan fingerprint density at radius 3 is 2.63 bits per heavy atom. The molecular weight excluding hydrogens is 246 g/mol. The molecule has 0 aliphatic rings. The Kier molecular flexibility index (Phi) is 5.79. The zero-order chi connectivity index (χ0) is 14.3. The van der Waals surface area contributed by atoms with E-state index in [1.54, 1.807) is 6.92 Å². The molecule has 0 heterocycles. The number of benzene rings is 1. The zero-order valence-electron chi connectivity index (χ0n) is 11.3. The van der Waals surface area contributed by atoms with Gasteiger partial charge in [0.15, 0.2) is 0 Å². The molecule has 0 aliphatic carbocycles. The first-order valence-corrected chi connectivity index (χ1v) is 6.30. The van der Waals surface area contributed by atoms with Gasteiger partial charge in [0.2, 0.25) is 0 Å². The molecular formula is C14H21NO4. The van der Waals surface area contributed by atoms with E-state index in [2.05, 4.69) is 5.32 Å². The topological polar surface area (TPSA) is 78.8 Å². The Balaban J connectivity index is 2.32. The number of carbonyl (C=O) groups excluding carboxylic acids is 1. The lowest BCUT2D eigenvalue weighted by Crippen LogP contribution is -2.48. The summed E-state index contributed by atoms with van der Waals surface area (Å²) in [5, 5.41) is 21.9. The highest BCUT2D eigenvalue weighted by atomic mass is 16.5. The van der Waals surface area contributed by atoms with Crippen LogP contribution in [0.3, 0.4) is 0 Å². The van der Waals surface area contributed by atoms with Gasteiger partial charge in [-0.05, 0) is 18.9 Å². The molecule has 0 fully saturated rings. The maximum absolute atomic E-state index is 11.4. The summed E-state index contributed by atoms with van der Waals surface area (Å²) in [6.07, 6.45) is -1.09. The SMILES string of the molecule is CC[C@@H](O)[C@](C)(O)CNC(=O)OCc1ccccc1. The van der Waals surface area contributed by atoms with Gasteiger partial charge in [0.1, 0.15) is 12.2 Å². The summed E-state index contributed by atoms with van der Waals surface area (Å²) >= 11 is 0. The van der Waals surface area contributed by atoms with Crippen LogP contribution >= 0.6 is 0 Å². The van der Waals surface area contributed by atoms with Crippen molar-refractivity contribution in [2.24, 2.45) is 0 Å². The van der Waals surface area contributed by atoms with Gasteiger partial charge in [0, 0.05) is 0 Å². The minimum absolute atomic E-state index is 0.0599. The Labute approximate surface area is 113 Å². The van der Waals surface area contributed by atoms with Gasteiger partial charge in [-0.15, -0.1) is 0 Å². The second-order valence-electron chi connectivity index (χ2n) is 4.70. The number of aliphatic hydroxyl groups excluding tert-OH is 1. The molecule has 0 radical (unpaired) electrons. The van der Waals surface area contributed by atoms with E-state index in [0.29, 0.717) is 6.42 Å². The number of nitrogens with one attached hydrogen (secondary N) is 1. The molecule has 5 nitrogen and oxygen atoms in total. The van der Waals surface area contributed by atoms with Crippen molar-refractivity contribution in [2.75, 3.05) is 6.54 Å². The van der Waals surface area contributed by atoms with Crippen LogP contribution in [0.15, 0.2) is 30.3 Å². The fourth-order valence-electron chi connectivity index (χ4n) is 1.58. The van der Waals surface area contributed by atoms with E-state index in [-0.39, 0.29) is 13.2 Å². The van der Waals surface area contributed by atoms with Gasteiger partial charge in [-0.1, -0.05) is 37.3 Å². The second kappa shape index (κ2) is 7.11. The quantitative estimate of drug-likeness (QED) is 0.728. The van der Waals surface area contributed by atoms with Crippen LogP contribution in [-0.2, 0) is 11.3 Å². The molecule has 0 unspecified atom stereocenters. The highest BCUT2D eigenvalue weighted by Gasteiger charge is 2.29. The van der Waals surface area contributed by atoms with Gasteiger partial charge in [-0.2, -0.15) is 0 Å². The van der Waals surface area contributed by atoms with Crippen LogP contribution in [0.1, 0.15) is 25.8 Å². The van der Waals surface area contributed by atoms with E-state index in [9.17, 15) is 15.0 Å². The second-order valence-corrected chi connectivity index (χ2v) is 4.70. The van der Waals surface area contributed by atoms with Gasteiger partial charge in [-0.3, -0.25) is 0 Å². The molecule has 1 amide bonds. The van der Waals surface area contributed by atoms with E-state index in [4.69, 9.17) is 4.74 Å². The monoisotopic (exact) mass is 267 g/mol. The highest BCUT2D eigenvalue weighted by molar-refractivity contribution is 5.67. The van der Waals surface area contributed by atoms with Gasteiger partial charge in [0.05, 0.1) is 12.6 Å². The van der Waals surface area contributed by atoms with E-state index in [0.717, 1.165) is 5.56 Å². The molecule has 0 spiro atoms. The normalized spacial score (nSPS) is 15.4. The first-order chi connectivity index (χ1) is 8.95. The third kappa shape index (κ3) is 5.28. The summed E-state index contributed by atoms with van der Waals surface area (Å²) in [6, 6.07) is 9.31. The molecule has 0 aliphatic heterocycles. The number of hydrogen-bond acceptors (Lipinski definition) is 4. The maximum atomic E-state index is 11.4. The Hall–Kier alpha value is -1.59.